The van der Waals surface area contributed by atoms with E-state index in [0.717, 1.165) is 22.3 Å². The molecule has 2 aliphatic rings. The third kappa shape index (κ3) is 7.85. The fourth-order valence-corrected chi connectivity index (χ4v) is 6.07. The number of carbonyl (C=O) groups excluding carboxylic acids is 1. The number of hydrogen-bond acceptors (Lipinski definition) is 7. The Morgan fingerprint density at radius 1 is 0.977 bits per heavy atom. The molecule has 0 aliphatic carbocycles. The Morgan fingerprint density at radius 2 is 1.68 bits per heavy atom. The van der Waals surface area contributed by atoms with Crippen LogP contribution in [0.2, 0.25) is 5.02 Å². The molecule has 2 heterocycles. The molecule has 0 spiro atoms. The van der Waals surface area contributed by atoms with Crippen LogP contribution in [0, 0.1) is 5.92 Å². The first kappa shape index (κ1) is 32.1. The van der Waals surface area contributed by atoms with Crippen LogP contribution in [-0.2, 0) is 31.3 Å². The van der Waals surface area contributed by atoms with Gasteiger partial charge in [0.2, 0.25) is 5.91 Å². The zero-order valence-electron chi connectivity index (χ0n) is 24.7. The van der Waals surface area contributed by atoms with E-state index < -0.39 is 17.9 Å². The summed E-state index contributed by atoms with van der Waals surface area (Å²) in [5.74, 6) is -1.42. The van der Waals surface area contributed by atoms with Crippen molar-refractivity contribution in [2.75, 3.05) is 25.0 Å². The molecule has 3 aromatic rings. The summed E-state index contributed by atoms with van der Waals surface area (Å²) >= 11 is 6.06. The van der Waals surface area contributed by atoms with Gasteiger partial charge in [-0.3, -0.25) is 9.59 Å². The molecule has 2 fully saturated rings. The van der Waals surface area contributed by atoms with Crippen molar-refractivity contribution >= 4 is 29.2 Å². The summed E-state index contributed by atoms with van der Waals surface area (Å²) < 4.78 is 13.2. The molecule has 5 rings (SSSR count). The number of nitrogens with one attached hydrogen (secondary N) is 1. The van der Waals surface area contributed by atoms with Gasteiger partial charge in [0.25, 0.3) is 0 Å². The molecule has 44 heavy (non-hydrogen) atoms. The maximum Gasteiger partial charge on any atom is 0.303 e. The van der Waals surface area contributed by atoms with E-state index >= 15 is 0 Å². The first-order valence-corrected chi connectivity index (χ1v) is 15.3. The van der Waals surface area contributed by atoms with Crippen LogP contribution in [0.4, 0.5) is 5.69 Å². The lowest BCUT2D eigenvalue weighted by molar-refractivity contribution is -0.277. The lowest BCUT2D eigenvalue weighted by Gasteiger charge is -2.45. The molecule has 0 bridgehead atoms. The van der Waals surface area contributed by atoms with Gasteiger partial charge in [0.15, 0.2) is 6.29 Å². The molecule has 234 valence electrons. The highest BCUT2D eigenvalue weighted by Crippen LogP contribution is 2.43. The second-order valence-electron chi connectivity index (χ2n) is 11.7. The van der Waals surface area contributed by atoms with Gasteiger partial charge < -0.3 is 35.0 Å². The molecule has 4 atom stereocenters. The number of aliphatic hydroxyl groups excluding tert-OH is 1. The van der Waals surface area contributed by atoms with E-state index in [1.807, 2.05) is 54.6 Å². The zero-order valence-corrected chi connectivity index (χ0v) is 25.5. The van der Waals surface area contributed by atoms with Crippen LogP contribution >= 0.6 is 11.6 Å². The first-order chi connectivity index (χ1) is 21.1. The van der Waals surface area contributed by atoms with Crippen molar-refractivity contribution in [2.45, 2.75) is 63.3 Å². The zero-order chi connectivity index (χ0) is 31.3. The van der Waals surface area contributed by atoms with Crippen LogP contribution in [0.5, 0.6) is 0 Å². The van der Waals surface area contributed by atoms with Crippen LogP contribution in [0.15, 0.2) is 72.8 Å². The van der Waals surface area contributed by atoms with Crippen molar-refractivity contribution < 1.29 is 34.4 Å². The topological polar surface area (TPSA) is 129 Å². The highest BCUT2D eigenvalue weighted by Gasteiger charge is 2.41. The molecule has 4 unspecified atom stereocenters. The first-order valence-electron chi connectivity index (χ1n) is 15.0. The number of nitrogens with zero attached hydrogens (tertiary/aromatic N) is 1. The Kier molecular flexibility index (Phi) is 10.4. The quantitative estimate of drug-likeness (QED) is 0.236. The molecule has 2 aliphatic heterocycles. The van der Waals surface area contributed by atoms with Crippen molar-refractivity contribution in [1.29, 1.82) is 0 Å². The Labute approximate surface area is 262 Å². The number of piperidine rings is 1. The normalized spacial score (nSPS) is 23.6. The Bertz CT molecular complexity index is 1420. The summed E-state index contributed by atoms with van der Waals surface area (Å²) in [7, 11) is 0. The molecular formula is C34H39ClN2O7. The minimum absolute atomic E-state index is 0.0118. The lowest BCUT2D eigenvalue weighted by Crippen LogP contribution is -2.49. The average molecular weight is 623 g/mol. The van der Waals surface area contributed by atoms with Crippen LogP contribution in [0.3, 0.4) is 0 Å². The number of aliphatic carboxylic acids is 1. The van der Waals surface area contributed by atoms with Crippen LogP contribution in [0.1, 0.15) is 67.3 Å². The monoisotopic (exact) mass is 622 g/mol. The molecule has 0 radical (unpaired) electrons. The van der Waals surface area contributed by atoms with Crippen molar-refractivity contribution in [3.63, 3.8) is 0 Å². The number of likely N-dealkylation sites (tertiary alicyclic amines) is 1. The number of amides is 1. The third-order valence-corrected chi connectivity index (χ3v) is 8.89. The Balaban J connectivity index is 1.32. The molecular weight excluding hydrogens is 584 g/mol. The van der Waals surface area contributed by atoms with Gasteiger partial charge in [-0.2, -0.15) is 0 Å². The van der Waals surface area contributed by atoms with Gasteiger partial charge in [0, 0.05) is 48.2 Å². The largest absolute Gasteiger partial charge is 0.481 e. The predicted octanol–water partition coefficient (Wildman–Crippen LogP) is 5.41. The van der Waals surface area contributed by atoms with Crippen molar-refractivity contribution in [3.05, 3.63) is 100 Å². The number of ether oxygens (including phenoxy) is 2. The summed E-state index contributed by atoms with van der Waals surface area (Å²) in [6.45, 7) is 4.11. The molecule has 1 amide bonds. The van der Waals surface area contributed by atoms with E-state index in [1.165, 1.54) is 0 Å². The predicted molar refractivity (Wildman–Crippen MR) is 166 cm³/mol. The van der Waals surface area contributed by atoms with Crippen LogP contribution in [0.25, 0.3) is 0 Å². The number of carbonyl (C=O) groups is 2. The van der Waals surface area contributed by atoms with Gasteiger partial charge in [-0.05, 0) is 53.8 Å². The van der Waals surface area contributed by atoms with E-state index in [-0.39, 0.29) is 43.5 Å². The number of carboxylic acid groups (broad SMARTS) is 1. The van der Waals surface area contributed by atoms with Gasteiger partial charge >= 0.3 is 5.97 Å². The molecule has 3 aromatic carbocycles. The summed E-state index contributed by atoms with van der Waals surface area (Å²) in [4.78, 5) is 25.5. The summed E-state index contributed by atoms with van der Waals surface area (Å²) in [5.41, 5.74) is 3.01. The number of aliphatic hydroxyl groups is 2. The number of halogens is 1. The van der Waals surface area contributed by atoms with Crippen LogP contribution in [-0.4, -0.2) is 57.8 Å². The number of rotatable bonds is 10. The summed E-state index contributed by atoms with van der Waals surface area (Å²) in [6, 6.07) is 22.3. The van der Waals surface area contributed by atoms with E-state index in [1.54, 1.807) is 18.2 Å². The maximum atomic E-state index is 12.3. The highest BCUT2D eigenvalue weighted by molar-refractivity contribution is 6.30. The van der Waals surface area contributed by atoms with E-state index in [0.29, 0.717) is 43.2 Å². The van der Waals surface area contributed by atoms with E-state index in [2.05, 4.69) is 17.1 Å². The van der Waals surface area contributed by atoms with E-state index in [4.69, 9.17) is 26.2 Å². The third-order valence-electron chi connectivity index (χ3n) is 8.63. The second kappa shape index (κ2) is 14.2. The molecule has 10 heteroatoms. The standard InChI is InChI=1S/C34H39ClN2O7/c1-22-29(20-37-17-15-34(42,16-18-37)26-9-11-27(35)12-10-26)43-33(44-32(22)24-7-5-23(21-38)6-8-24)25-3-2-4-28(19-25)36-30(39)13-14-31(40)41/h2-12,19,22,29,32-33,38,42H,13-18,20-21H2,1H3,(H,36,39)(H,40,41). The molecule has 0 aromatic heterocycles. The smallest absolute Gasteiger partial charge is 0.303 e. The van der Waals surface area contributed by atoms with Gasteiger partial charge in [0.05, 0.1) is 30.8 Å². The highest BCUT2D eigenvalue weighted by atomic mass is 35.5. The lowest BCUT2D eigenvalue weighted by atomic mass is 9.84. The molecule has 2 saturated heterocycles. The minimum Gasteiger partial charge on any atom is -0.481 e. The maximum absolute atomic E-state index is 12.3. The van der Waals surface area contributed by atoms with Crippen molar-refractivity contribution in [1.82, 2.24) is 4.90 Å². The van der Waals surface area contributed by atoms with Crippen LogP contribution < -0.4 is 5.32 Å². The van der Waals surface area contributed by atoms with Crippen molar-refractivity contribution in [2.24, 2.45) is 5.92 Å². The van der Waals surface area contributed by atoms with Gasteiger partial charge in [-0.1, -0.05) is 67.1 Å². The summed E-state index contributed by atoms with van der Waals surface area (Å²) in [6.07, 6.45) is -0.404. The number of benzene rings is 3. The molecule has 9 nitrogen and oxygen atoms in total. The average Bonchev–Trinajstić information content (AvgIpc) is 3.02. The SMILES string of the molecule is CC1C(CN2CCC(O)(c3ccc(Cl)cc3)CC2)OC(c2cccc(NC(=O)CCC(=O)O)c2)OC1c1ccc(CO)cc1. The van der Waals surface area contributed by atoms with E-state index in [9.17, 15) is 19.8 Å². The fourth-order valence-electron chi connectivity index (χ4n) is 5.94. The Hall–Kier alpha value is -3.31. The number of anilines is 1. The minimum atomic E-state index is -1.03. The Morgan fingerprint density at radius 3 is 2.34 bits per heavy atom. The van der Waals surface area contributed by atoms with Crippen molar-refractivity contribution in [3.8, 4) is 0 Å². The number of hydrogen-bond donors (Lipinski definition) is 4. The fraction of sp³-hybridized carbons (Fsp3) is 0.412. The number of carboxylic acids is 1. The van der Waals surface area contributed by atoms with Gasteiger partial charge in [-0.15, -0.1) is 0 Å². The van der Waals surface area contributed by atoms with Gasteiger partial charge in [0.1, 0.15) is 0 Å². The second-order valence-corrected chi connectivity index (χ2v) is 12.2. The summed E-state index contributed by atoms with van der Waals surface area (Å²) in [5, 5.41) is 33.2. The molecule has 4 N–H and O–H groups in total. The molecule has 0 saturated carbocycles. The van der Waals surface area contributed by atoms with Gasteiger partial charge in [-0.25, -0.2) is 0 Å².